The first-order valence-electron chi connectivity index (χ1n) is 4.28. The highest BCUT2D eigenvalue weighted by atomic mass is 16.5. The zero-order chi connectivity index (χ0) is 9.68. The lowest BCUT2D eigenvalue weighted by Crippen LogP contribution is -2.32. The third-order valence-corrected chi connectivity index (χ3v) is 1.87. The lowest BCUT2D eigenvalue weighted by molar-refractivity contribution is -0.123. The van der Waals surface area contributed by atoms with Crippen molar-refractivity contribution >= 4 is 5.91 Å². The molecule has 0 bridgehead atoms. The molecular formula is C9H12N2O2. The number of nitriles is 1. The summed E-state index contributed by atoms with van der Waals surface area (Å²) in [5, 5.41) is 8.35. The topological polar surface area (TPSA) is 53.3 Å². The van der Waals surface area contributed by atoms with Gasteiger partial charge in [-0.25, -0.2) is 0 Å². The molecule has 0 saturated carbocycles. The Morgan fingerprint density at radius 1 is 1.85 bits per heavy atom. The first kappa shape index (κ1) is 9.75. The summed E-state index contributed by atoms with van der Waals surface area (Å²) in [5.74, 6) is -0.508. The van der Waals surface area contributed by atoms with Crippen molar-refractivity contribution in [2.24, 2.45) is 0 Å². The lowest BCUT2D eigenvalue weighted by Gasteiger charge is -2.23. The van der Waals surface area contributed by atoms with Crippen molar-refractivity contribution in [3.05, 3.63) is 12.3 Å². The molecule has 1 amide bonds. The molecule has 0 fully saturated rings. The zero-order valence-corrected chi connectivity index (χ0v) is 7.56. The predicted molar refractivity (Wildman–Crippen MR) is 46.5 cm³/mol. The van der Waals surface area contributed by atoms with E-state index in [1.54, 1.807) is 12.3 Å². The van der Waals surface area contributed by atoms with Gasteiger partial charge >= 0.3 is 5.91 Å². The number of amides is 1. The third kappa shape index (κ3) is 2.56. The Balaban J connectivity index is 2.48. The van der Waals surface area contributed by atoms with Crippen LogP contribution in [0.5, 0.6) is 0 Å². The second-order valence-electron chi connectivity index (χ2n) is 2.73. The van der Waals surface area contributed by atoms with E-state index in [9.17, 15) is 4.79 Å². The molecular weight excluding hydrogens is 168 g/mol. The molecule has 1 atom stereocenters. The molecule has 1 unspecified atom stereocenters. The average Bonchev–Trinajstić information content (AvgIpc) is 2.18. The van der Waals surface area contributed by atoms with E-state index < -0.39 is 5.91 Å². The normalized spacial score (nSPS) is 21.2. The maximum atomic E-state index is 10.9. The highest BCUT2D eigenvalue weighted by molar-refractivity contribution is 5.92. The molecule has 0 aromatic rings. The molecule has 1 heterocycles. The molecule has 0 aromatic heterocycles. The summed E-state index contributed by atoms with van der Waals surface area (Å²) in [6, 6.07) is 1.58. The molecule has 0 N–H and O–H groups in total. The van der Waals surface area contributed by atoms with Crippen molar-refractivity contribution in [1.82, 2.24) is 4.90 Å². The van der Waals surface area contributed by atoms with E-state index in [-0.39, 0.29) is 6.10 Å². The monoisotopic (exact) mass is 180 g/mol. The first-order chi connectivity index (χ1) is 6.27. The van der Waals surface area contributed by atoms with Crippen LogP contribution in [0.3, 0.4) is 0 Å². The van der Waals surface area contributed by atoms with Crippen LogP contribution in [0.2, 0.25) is 0 Å². The van der Waals surface area contributed by atoms with Gasteiger partial charge in [0.2, 0.25) is 0 Å². The van der Waals surface area contributed by atoms with Gasteiger partial charge in [0, 0.05) is 19.4 Å². The minimum Gasteiger partial charge on any atom is -0.374 e. The zero-order valence-electron chi connectivity index (χ0n) is 7.56. The van der Waals surface area contributed by atoms with Gasteiger partial charge in [-0.1, -0.05) is 0 Å². The van der Waals surface area contributed by atoms with Crippen LogP contribution in [0.4, 0.5) is 0 Å². The van der Waals surface area contributed by atoms with E-state index in [4.69, 9.17) is 10.00 Å². The summed E-state index contributed by atoms with van der Waals surface area (Å²) in [4.78, 5) is 12.3. The highest BCUT2D eigenvalue weighted by Gasteiger charge is 2.17. The minimum absolute atomic E-state index is 0.0905. The molecule has 0 aliphatic carbocycles. The fraction of sp³-hybridized carbons (Fsp3) is 0.556. The van der Waals surface area contributed by atoms with Gasteiger partial charge in [0.05, 0.1) is 6.10 Å². The predicted octanol–water partition coefficient (Wildman–Crippen LogP) is 0.661. The Morgan fingerprint density at radius 2 is 2.62 bits per heavy atom. The Hall–Kier alpha value is -1.34. The van der Waals surface area contributed by atoms with Crippen LogP contribution >= 0.6 is 0 Å². The van der Waals surface area contributed by atoms with Crippen LogP contribution in [0.25, 0.3) is 0 Å². The summed E-state index contributed by atoms with van der Waals surface area (Å²) in [6.07, 6.45) is 4.28. The van der Waals surface area contributed by atoms with Crippen molar-refractivity contribution in [2.45, 2.75) is 19.4 Å². The summed E-state index contributed by atoms with van der Waals surface area (Å²) < 4.78 is 5.34. The summed E-state index contributed by atoms with van der Waals surface area (Å²) >= 11 is 0. The van der Waals surface area contributed by atoms with Crippen molar-refractivity contribution in [1.29, 1.82) is 5.26 Å². The molecule has 0 saturated heterocycles. The fourth-order valence-electron chi connectivity index (χ4n) is 1.22. The van der Waals surface area contributed by atoms with Crippen molar-refractivity contribution in [3.63, 3.8) is 0 Å². The van der Waals surface area contributed by atoms with Crippen LogP contribution in [0, 0.1) is 11.3 Å². The van der Waals surface area contributed by atoms with E-state index in [0.29, 0.717) is 13.2 Å². The molecule has 4 heteroatoms. The molecule has 0 radical (unpaired) electrons. The Kier molecular flexibility index (Phi) is 3.47. The van der Waals surface area contributed by atoms with Gasteiger partial charge in [-0.3, -0.25) is 4.79 Å². The van der Waals surface area contributed by atoms with E-state index in [2.05, 4.69) is 0 Å². The number of nitrogens with zero attached hydrogens (tertiary/aromatic N) is 2. The molecule has 0 spiro atoms. The molecule has 0 aromatic carbocycles. The smallest absolute Gasteiger partial charge is 0.328 e. The van der Waals surface area contributed by atoms with Crippen molar-refractivity contribution in [3.8, 4) is 6.07 Å². The molecule has 4 nitrogen and oxygen atoms in total. The second kappa shape index (κ2) is 4.63. The van der Waals surface area contributed by atoms with Crippen LogP contribution in [-0.2, 0) is 9.53 Å². The SMILES string of the molecule is CCOC1C=CN(C(=O)C#N)CC1. The highest BCUT2D eigenvalue weighted by Crippen LogP contribution is 2.10. The minimum atomic E-state index is -0.508. The Labute approximate surface area is 77.4 Å². The number of carbonyl (C=O) groups excluding carboxylic acids is 1. The summed E-state index contributed by atoms with van der Waals surface area (Å²) in [5.41, 5.74) is 0. The van der Waals surface area contributed by atoms with Gasteiger partial charge in [0.25, 0.3) is 0 Å². The van der Waals surface area contributed by atoms with Gasteiger partial charge in [-0.05, 0) is 19.4 Å². The van der Waals surface area contributed by atoms with E-state index in [0.717, 1.165) is 6.42 Å². The van der Waals surface area contributed by atoms with E-state index >= 15 is 0 Å². The first-order valence-corrected chi connectivity index (χ1v) is 4.28. The van der Waals surface area contributed by atoms with Crippen molar-refractivity contribution in [2.75, 3.05) is 13.2 Å². The lowest BCUT2D eigenvalue weighted by atomic mass is 10.2. The Morgan fingerprint density at radius 3 is 3.08 bits per heavy atom. The van der Waals surface area contributed by atoms with Gasteiger partial charge in [0.1, 0.15) is 0 Å². The van der Waals surface area contributed by atoms with Crippen LogP contribution in [0.15, 0.2) is 12.3 Å². The number of rotatable bonds is 2. The summed E-state index contributed by atoms with van der Waals surface area (Å²) in [6.45, 7) is 3.16. The van der Waals surface area contributed by atoms with E-state index in [1.807, 2.05) is 13.0 Å². The van der Waals surface area contributed by atoms with Gasteiger partial charge in [0.15, 0.2) is 6.07 Å². The molecule has 70 valence electrons. The van der Waals surface area contributed by atoms with Gasteiger partial charge in [-0.15, -0.1) is 0 Å². The quantitative estimate of drug-likeness (QED) is 0.586. The number of ether oxygens (including phenoxy) is 1. The molecule has 1 aliphatic rings. The van der Waals surface area contributed by atoms with Gasteiger partial charge < -0.3 is 9.64 Å². The Bertz CT molecular complexity index is 255. The summed E-state index contributed by atoms with van der Waals surface area (Å²) in [7, 11) is 0. The average molecular weight is 180 g/mol. The van der Waals surface area contributed by atoms with Gasteiger partial charge in [-0.2, -0.15) is 5.26 Å². The number of hydrogen-bond acceptors (Lipinski definition) is 3. The molecule has 1 aliphatic heterocycles. The number of hydrogen-bond donors (Lipinski definition) is 0. The molecule has 1 rings (SSSR count). The standard InChI is InChI=1S/C9H12N2O2/c1-2-13-8-3-5-11(6-4-8)9(12)7-10/h3,5,8H,2,4,6H2,1H3. The maximum Gasteiger partial charge on any atom is 0.328 e. The van der Waals surface area contributed by atoms with Crippen LogP contribution < -0.4 is 0 Å². The van der Waals surface area contributed by atoms with Crippen molar-refractivity contribution < 1.29 is 9.53 Å². The van der Waals surface area contributed by atoms with E-state index in [1.165, 1.54) is 4.90 Å². The molecule has 13 heavy (non-hydrogen) atoms. The number of carbonyl (C=O) groups is 1. The van der Waals surface area contributed by atoms with Crippen LogP contribution in [-0.4, -0.2) is 30.1 Å². The fourth-order valence-corrected chi connectivity index (χ4v) is 1.22. The second-order valence-corrected chi connectivity index (χ2v) is 2.73. The maximum absolute atomic E-state index is 10.9. The van der Waals surface area contributed by atoms with Crippen LogP contribution in [0.1, 0.15) is 13.3 Å². The largest absolute Gasteiger partial charge is 0.374 e. The third-order valence-electron chi connectivity index (χ3n) is 1.87.